The van der Waals surface area contributed by atoms with Gasteiger partial charge in [-0.25, -0.2) is 0 Å². The predicted molar refractivity (Wildman–Crippen MR) is 78.6 cm³/mol. The standard InChI is InChI=1S/C15H15NO2S/c17-16(18)14-8-10-15(11-9-14)19-12-4-7-13-5-2-1-3-6-13/h1-3,5-6,8-11H,4,7,12H2. The Morgan fingerprint density at radius 1 is 1.00 bits per heavy atom. The maximum atomic E-state index is 10.5. The molecule has 98 valence electrons. The highest BCUT2D eigenvalue weighted by Gasteiger charge is 2.03. The molecule has 4 heteroatoms. The van der Waals surface area contributed by atoms with Crippen molar-refractivity contribution in [3.63, 3.8) is 0 Å². The van der Waals surface area contributed by atoms with Crippen LogP contribution in [0.15, 0.2) is 59.5 Å². The van der Waals surface area contributed by atoms with Crippen molar-refractivity contribution in [1.29, 1.82) is 0 Å². The summed E-state index contributed by atoms with van der Waals surface area (Å²) in [7, 11) is 0. The number of hydrogen-bond donors (Lipinski definition) is 0. The van der Waals surface area contributed by atoms with Crippen LogP contribution < -0.4 is 0 Å². The molecule has 0 atom stereocenters. The molecule has 0 spiro atoms. The topological polar surface area (TPSA) is 43.1 Å². The SMILES string of the molecule is O=[N+]([O-])c1ccc(SCCCc2ccccc2)cc1. The second-order valence-electron chi connectivity index (χ2n) is 4.19. The lowest BCUT2D eigenvalue weighted by atomic mass is 10.1. The van der Waals surface area contributed by atoms with Crippen molar-refractivity contribution in [1.82, 2.24) is 0 Å². The van der Waals surface area contributed by atoms with Gasteiger partial charge in [-0.1, -0.05) is 30.3 Å². The summed E-state index contributed by atoms with van der Waals surface area (Å²) < 4.78 is 0. The van der Waals surface area contributed by atoms with E-state index in [1.807, 2.05) is 18.2 Å². The third-order valence-electron chi connectivity index (χ3n) is 2.77. The lowest BCUT2D eigenvalue weighted by Gasteiger charge is -2.02. The van der Waals surface area contributed by atoms with E-state index in [1.54, 1.807) is 23.9 Å². The Balaban J connectivity index is 1.75. The van der Waals surface area contributed by atoms with Crippen LogP contribution in [-0.2, 0) is 6.42 Å². The highest BCUT2D eigenvalue weighted by molar-refractivity contribution is 7.99. The maximum Gasteiger partial charge on any atom is 0.269 e. The normalized spacial score (nSPS) is 10.3. The van der Waals surface area contributed by atoms with Crippen molar-refractivity contribution >= 4 is 17.4 Å². The van der Waals surface area contributed by atoms with Gasteiger partial charge in [-0.05, 0) is 36.3 Å². The molecule has 0 saturated carbocycles. The number of nitro groups is 1. The zero-order chi connectivity index (χ0) is 13.5. The van der Waals surface area contributed by atoms with E-state index in [0.29, 0.717) is 0 Å². The fraction of sp³-hybridized carbons (Fsp3) is 0.200. The monoisotopic (exact) mass is 273 g/mol. The molecule has 2 aromatic carbocycles. The molecule has 0 fully saturated rings. The molecular weight excluding hydrogens is 258 g/mol. The van der Waals surface area contributed by atoms with Crippen molar-refractivity contribution in [2.24, 2.45) is 0 Å². The summed E-state index contributed by atoms with van der Waals surface area (Å²) in [6, 6.07) is 17.1. The Hall–Kier alpha value is -1.81. The smallest absolute Gasteiger partial charge is 0.258 e. The molecule has 2 rings (SSSR count). The second kappa shape index (κ2) is 6.95. The van der Waals surface area contributed by atoms with Gasteiger partial charge in [0.15, 0.2) is 0 Å². The number of thioether (sulfide) groups is 1. The molecule has 0 saturated heterocycles. The summed E-state index contributed by atoms with van der Waals surface area (Å²) in [5.41, 5.74) is 1.50. The van der Waals surface area contributed by atoms with Crippen molar-refractivity contribution < 1.29 is 4.92 Å². The third-order valence-corrected chi connectivity index (χ3v) is 3.87. The first-order valence-electron chi connectivity index (χ1n) is 6.17. The first-order chi connectivity index (χ1) is 9.25. The zero-order valence-electron chi connectivity index (χ0n) is 10.5. The molecule has 0 bridgehead atoms. The first kappa shape index (κ1) is 13.6. The van der Waals surface area contributed by atoms with Crippen molar-refractivity contribution in [3.8, 4) is 0 Å². The third kappa shape index (κ3) is 4.41. The fourth-order valence-corrected chi connectivity index (χ4v) is 2.63. The molecule has 0 amide bonds. The van der Waals surface area contributed by atoms with E-state index in [2.05, 4.69) is 24.3 Å². The summed E-state index contributed by atoms with van der Waals surface area (Å²) >= 11 is 1.74. The molecular formula is C15H15NO2S. The van der Waals surface area contributed by atoms with Crippen LogP contribution in [-0.4, -0.2) is 10.7 Å². The highest BCUT2D eigenvalue weighted by atomic mass is 32.2. The van der Waals surface area contributed by atoms with Crippen molar-refractivity contribution in [3.05, 3.63) is 70.3 Å². The fourth-order valence-electron chi connectivity index (χ4n) is 1.78. The molecule has 0 aliphatic carbocycles. The minimum atomic E-state index is -0.371. The van der Waals surface area contributed by atoms with Crippen LogP contribution in [0.4, 0.5) is 5.69 Å². The quantitative estimate of drug-likeness (QED) is 0.341. The van der Waals surface area contributed by atoms with Crippen LogP contribution in [0.25, 0.3) is 0 Å². The summed E-state index contributed by atoms with van der Waals surface area (Å²) in [4.78, 5) is 11.2. The maximum absolute atomic E-state index is 10.5. The molecule has 3 nitrogen and oxygen atoms in total. The van der Waals surface area contributed by atoms with Gasteiger partial charge in [0.1, 0.15) is 0 Å². The van der Waals surface area contributed by atoms with Crippen LogP contribution in [0.5, 0.6) is 0 Å². The molecule has 0 aliphatic heterocycles. The van der Waals surface area contributed by atoms with Crippen molar-refractivity contribution in [2.45, 2.75) is 17.7 Å². The summed E-state index contributed by atoms with van der Waals surface area (Å²) in [6.45, 7) is 0. The van der Waals surface area contributed by atoms with Gasteiger partial charge in [-0.15, -0.1) is 11.8 Å². The number of non-ortho nitro benzene ring substituents is 1. The molecule has 0 radical (unpaired) electrons. The lowest BCUT2D eigenvalue weighted by molar-refractivity contribution is -0.384. The van der Waals surface area contributed by atoms with E-state index in [4.69, 9.17) is 0 Å². The number of aryl methyl sites for hydroxylation is 1. The van der Waals surface area contributed by atoms with E-state index >= 15 is 0 Å². The average molecular weight is 273 g/mol. The number of benzene rings is 2. The van der Waals surface area contributed by atoms with Crippen LogP contribution in [0.3, 0.4) is 0 Å². The minimum Gasteiger partial charge on any atom is -0.258 e. The van der Waals surface area contributed by atoms with E-state index in [1.165, 1.54) is 5.56 Å². The van der Waals surface area contributed by atoms with Gasteiger partial charge in [-0.3, -0.25) is 10.1 Å². The van der Waals surface area contributed by atoms with Gasteiger partial charge >= 0.3 is 0 Å². The van der Waals surface area contributed by atoms with E-state index in [0.717, 1.165) is 23.5 Å². The minimum absolute atomic E-state index is 0.147. The van der Waals surface area contributed by atoms with Crippen LogP contribution in [0.2, 0.25) is 0 Å². The number of nitro benzene ring substituents is 1. The Kier molecular flexibility index (Phi) is 4.98. The van der Waals surface area contributed by atoms with Crippen molar-refractivity contribution in [2.75, 3.05) is 5.75 Å². The van der Waals surface area contributed by atoms with Gasteiger partial charge < -0.3 is 0 Å². The van der Waals surface area contributed by atoms with Gasteiger partial charge in [0.2, 0.25) is 0 Å². The van der Waals surface area contributed by atoms with Crippen LogP contribution in [0.1, 0.15) is 12.0 Å². The molecule has 0 heterocycles. The van der Waals surface area contributed by atoms with Gasteiger partial charge in [-0.2, -0.15) is 0 Å². The molecule has 0 N–H and O–H groups in total. The molecule has 0 aromatic heterocycles. The molecule has 19 heavy (non-hydrogen) atoms. The predicted octanol–water partition coefficient (Wildman–Crippen LogP) is 4.32. The average Bonchev–Trinajstić information content (AvgIpc) is 2.45. The van der Waals surface area contributed by atoms with Crippen LogP contribution in [0, 0.1) is 10.1 Å². The number of nitrogens with zero attached hydrogens (tertiary/aromatic N) is 1. The highest BCUT2D eigenvalue weighted by Crippen LogP contribution is 2.22. The summed E-state index contributed by atoms with van der Waals surface area (Å²) in [6.07, 6.45) is 2.17. The van der Waals surface area contributed by atoms with Gasteiger partial charge in [0.05, 0.1) is 4.92 Å². The Bertz CT molecular complexity index is 526. The summed E-state index contributed by atoms with van der Waals surface area (Å²) in [5, 5.41) is 10.5. The van der Waals surface area contributed by atoms with Gasteiger partial charge in [0.25, 0.3) is 5.69 Å². The largest absolute Gasteiger partial charge is 0.269 e. The number of hydrogen-bond acceptors (Lipinski definition) is 3. The lowest BCUT2D eigenvalue weighted by Crippen LogP contribution is -1.88. The Morgan fingerprint density at radius 2 is 1.68 bits per heavy atom. The van der Waals surface area contributed by atoms with E-state index < -0.39 is 0 Å². The second-order valence-corrected chi connectivity index (χ2v) is 5.36. The molecule has 0 aliphatic rings. The van der Waals surface area contributed by atoms with E-state index in [9.17, 15) is 10.1 Å². The first-order valence-corrected chi connectivity index (χ1v) is 7.15. The Labute approximate surface area is 116 Å². The molecule has 0 unspecified atom stereocenters. The van der Waals surface area contributed by atoms with Crippen LogP contribution >= 0.6 is 11.8 Å². The summed E-state index contributed by atoms with van der Waals surface area (Å²) in [5.74, 6) is 1.02. The number of rotatable bonds is 6. The molecule has 2 aromatic rings. The zero-order valence-corrected chi connectivity index (χ0v) is 11.3. The van der Waals surface area contributed by atoms with E-state index in [-0.39, 0.29) is 10.6 Å². The van der Waals surface area contributed by atoms with Gasteiger partial charge in [0, 0.05) is 17.0 Å². The Morgan fingerprint density at radius 3 is 2.32 bits per heavy atom.